The maximum Gasteiger partial charge on any atom is 0.162 e. The number of benzene rings is 1. The molecule has 0 heterocycles. The summed E-state index contributed by atoms with van der Waals surface area (Å²) in [7, 11) is -1.54. The third-order valence-electron chi connectivity index (χ3n) is 4.44. The summed E-state index contributed by atoms with van der Waals surface area (Å²) in [6.07, 6.45) is 12.2. The third kappa shape index (κ3) is 10.3. The Labute approximate surface area is 156 Å². The molecule has 0 aliphatic heterocycles. The van der Waals surface area contributed by atoms with Crippen molar-refractivity contribution in [2.75, 3.05) is 11.5 Å². The Balaban J connectivity index is 2.01. The molecule has 0 atom stereocenters. The lowest BCUT2D eigenvalue weighted by atomic mass is 10.1. The summed E-state index contributed by atoms with van der Waals surface area (Å²) in [5.74, 6) is 6.09. The van der Waals surface area contributed by atoms with Crippen LogP contribution in [0, 0.1) is 11.5 Å². The monoisotopic (exact) mass is 360 g/mol. The number of hydrogen-bond donors (Lipinski definition) is 0. The summed E-state index contributed by atoms with van der Waals surface area (Å²) >= 11 is 2.08. The van der Waals surface area contributed by atoms with Crippen molar-refractivity contribution in [1.29, 1.82) is 0 Å². The zero-order valence-electron chi connectivity index (χ0n) is 16.1. The first-order chi connectivity index (χ1) is 11.7. The second-order valence-electron chi connectivity index (χ2n) is 7.07. The van der Waals surface area contributed by atoms with Gasteiger partial charge in [-0.2, -0.15) is 11.8 Å². The van der Waals surface area contributed by atoms with E-state index in [2.05, 4.69) is 73.6 Å². The average molecular weight is 361 g/mol. The molecular formula is C22H36SSi. The van der Waals surface area contributed by atoms with E-state index in [9.17, 15) is 0 Å². The predicted octanol–water partition coefficient (Wildman–Crippen LogP) is 6.41. The molecule has 0 spiro atoms. The molecule has 0 aliphatic carbocycles. The Bertz CT molecular complexity index is 470. The molecule has 0 nitrogen and oxygen atoms in total. The van der Waals surface area contributed by atoms with Gasteiger partial charge in [0.15, 0.2) is 8.07 Å². The van der Waals surface area contributed by atoms with Gasteiger partial charge in [0.1, 0.15) is 0 Å². The number of hydrogen-bond acceptors (Lipinski definition) is 1. The van der Waals surface area contributed by atoms with Gasteiger partial charge in [-0.25, -0.2) is 0 Å². The Morgan fingerprint density at radius 3 is 2.04 bits per heavy atom. The molecule has 0 bridgehead atoms. The number of thioether (sulfide) groups is 1. The van der Waals surface area contributed by atoms with Crippen LogP contribution in [0.15, 0.2) is 30.3 Å². The summed E-state index contributed by atoms with van der Waals surface area (Å²) in [6, 6.07) is 10.8. The molecule has 134 valence electrons. The molecule has 0 fully saturated rings. The molecule has 1 aromatic rings. The van der Waals surface area contributed by atoms with E-state index in [1.54, 1.807) is 0 Å². The molecule has 0 unspecified atom stereocenters. The highest BCUT2D eigenvalue weighted by molar-refractivity contribution is 7.99. The van der Waals surface area contributed by atoms with Crippen LogP contribution >= 0.6 is 11.8 Å². The predicted molar refractivity (Wildman–Crippen MR) is 116 cm³/mol. The van der Waals surface area contributed by atoms with Crippen molar-refractivity contribution in [3.05, 3.63) is 30.3 Å². The lowest BCUT2D eigenvalue weighted by molar-refractivity contribution is 0.580. The maximum atomic E-state index is 3.60. The third-order valence-corrected chi connectivity index (χ3v) is 8.01. The normalized spacial score (nSPS) is 11.1. The van der Waals surface area contributed by atoms with Gasteiger partial charge in [-0.1, -0.05) is 88.9 Å². The van der Waals surface area contributed by atoms with Gasteiger partial charge in [0.25, 0.3) is 0 Å². The van der Waals surface area contributed by atoms with Crippen LogP contribution < -0.4 is 5.19 Å². The standard InChI is InChI=1S/C22H36SSi/c1-4-23-20-16-11-9-7-5-6-8-10-12-17-21-24(2,3)22-18-14-13-15-19-22/h13-15,18-19H,4-12,16,20H2,1-3H3. The van der Waals surface area contributed by atoms with E-state index in [-0.39, 0.29) is 0 Å². The molecule has 1 rings (SSSR count). The molecule has 0 saturated heterocycles. The van der Waals surface area contributed by atoms with Gasteiger partial charge in [0, 0.05) is 6.42 Å². The molecule has 1 aromatic carbocycles. The smallest absolute Gasteiger partial charge is 0.162 e. The van der Waals surface area contributed by atoms with E-state index in [4.69, 9.17) is 0 Å². The largest absolute Gasteiger partial charge is 0.162 e. The first kappa shape index (κ1) is 21.4. The summed E-state index contributed by atoms with van der Waals surface area (Å²) in [5.41, 5.74) is 3.60. The van der Waals surface area contributed by atoms with Crippen molar-refractivity contribution in [2.24, 2.45) is 0 Å². The summed E-state index contributed by atoms with van der Waals surface area (Å²) < 4.78 is 0. The van der Waals surface area contributed by atoms with Crippen molar-refractivity contribution in [3.63, 3.8) is 0 Å². The SMILES string of the molecule is CCSCCCCCCCCCCC#C[Si](C)(C)c1ccccc1. The van der Waals surface area contributed by atoms with Gasteiger partial charge < -0.3 is 0 Å². The zero-order valence-corrected chi connectivity index (χ0v) is 17.9. The van der Waals surface area contributed by atoms with Crippen molar-refractivity contribution in [1.82, 2.24) is 0 Å². The maximum absolute atomic E-state index is 3.60. The minimum atomic E-state index is -1.54. The first-order valence-electron chi connectivity index (χ1n) is 9.80. The molecule has 2 heteroatoms. The van der Waals surface area contributed by atoms with Crippen molar-refractivity contribution in [2.45, 2.75) is 77.8 Å². The number of rotatable bonds is 12. The van der Waals surface area contributed by atoms with Gasteiger partial charge in [0.05, 0.1) is 0 Å². The molecule has 0 aliphatic rings. The van der Waals surface area contributed by atoms with Gasteiger partial charge >= 0.3 is 0 Å². The minimum Gasteiger partial charge on any atom is -0.162 e. The van der Waals surface area contributed by atoms with Gasteiger partial charge in [-0.3, -0.25) is 0 Å². The highest BCUT2D eigenvalue weighted by Gasteiger charge is 2.19. The van der Waals surface area contributed by atoms with Gasteiger partial charge in [-0.15, -0.1) is 11.5 Å². The molecule has 0 aromatic heterocycles. The summed E-state index contributed by atoms with van der Waals surface area (Å²) in [6.45, 7) is 6.96. The van der Waals surface area contributed by atoms with E-state index < -0.39 is 8.07 Å². The first-order valence-corrected chi connectivity index (χ1v) is 14.0. The lowest BCUT2D eigenvalue weighted by Crippen LogP contribution is -2.39. The van der Waals surface area contributed by atoms with E-state index in [1.807, 2.05) is 0 Å². The van der Waals surface area contributed by atoms with Gasteiger partial charge in [0.2, 0.25) is 0 Å². The van der Waals surface area contributed by atoms with Crippen LogP contribution in [0.4, 0.5) is 0 Å². The number of unbranched alkanes of at least 4 members (excludes halogenated alkanes) is 8. The van der Waals surface area contributed by atoms with Crippen molar-refractivity contribution < 1.29 is 0 Å². The Kier molecular flexibility index (Phi) is 12.1. The quantitative estimate of drug-likeness (QED) is 0.236. The van der Waals surface area contributed by atoms with Crippen LogP contribution in [0.3, 0.4) is 0 Å². The topological polar surface area (TPSA) is 0 Å². The Morgan fingerprint density at radius 2 is 1.42 bits per heavy atom. The van der Waals surface area contributed by atoms with Crippen LogP contribution in [-0.4, -0.2) is 19.6 Å². The molecule has 0 radical (unpaired) electrons. The molecule has 0 N–H and O–H groups in total. The fourth-order valence-corrected chi connectivity index (χ4v) is 5.27. The summed E-state index contributed by atoms with van der Waals surface area (Å²) in [5, 5.41) is 1.45. The van der Waals surface area contributed by atoms with Gasteiger partial charge in [-0.05, 0) is 29.5 Å². The molecule has 0 saturated carbocycles. The fraction of sp³-hybridized carbons (Fsp3) is 0.636. The highest BCUT2D eigenvalue weighted by Crippen LogP contribution is 2.11. The summed E-state index contributed by atoms with van der Waals surface area (Å²) in [4.78, 5) is 0. The minimum absolute atomic E-state index is 1.08. The van der Waals surface area contributed by atoms with E-state index in [0.717, 1.165) is 6.42 Å². The molecular weight excluding hydrogens is 324 g/mol. The van der Waals surface area contributed by atoms with E-state index >= 15 is 0 Å². The van der Waals surface area contributed by atoms with Crippen LogP contribution in [0.5, 0.6) is 0 Å². The van der Waals surface area contributed by atoms with Crippen LogP contribution in [-0.2, 0) is 0 Å². The molecule has 24 heavy (non-hydrogen) atoms. The van der Waals surface area contributed by atoms with Crippen molar-refractivity contribution >= 4 is 25.0 Å². The lowest BCUT2D eigenvalue weighted by Gasteiger charge is -2.14. The fourth-order valence-electron chi connectivity index (χ4n) is 2.83. The highest BCUT2D eigenvalue weighted by atomic mass is 32.2. The van der Waals surface area contributed by atoms with E-state index in [0.29, 0.717) is 0 Å². The van der Waals surface area contributed by atoms with E-state index in [1.165, 1.54) is 68.1 Å². The molecule has 0 amide bonds. The Hall–Kier alpha value is -0.653. The Morgan fingerprint density at radius 1 is 0.833 bits per heavy atom. The van der Waals surface area contributed by atoms with Crippen LogP contribution in [0.2, 0.25) is 13.1 Å². The average Bonchev–Trinajstić information content (AvgIpc) is 2.60. The van der Waals surface area contributed by atoms with Crippen LogP contribution in [0.25, 0.3) is 0 Å². The van der Waals surface area contributed by atoms with Crippen LogP contribution in [0.1, 0.15) is 64.7 Å². The van der Waals surface area contributed by atoms with Crippen molar-refractivity contribution in [3.8, 4) is 11.5 Å². The second kappa shape index (κ2) is 13.6. The zero-order chi connectivity index (χ0) is 17.5. The second-order valence-corrected chi connectivity index (χ2v) is 12.5.